The van der Waals surface area contributed by atoms with Gasteiger partial charge in [-0.25, -0.2) is 4.79 Å². The molecule has 0 amide bonds. The maximum atomic E-state index is 11.7. The highest BCUT2D eigenvalue weighted by atomic mass is 16.6. The van der Waals surface area contributed by atoms with E-state index in [2.05, 4.69) is 17.5 Å². The Kier molecular flexibility index (Phi) is 4.18. The fourth-order valence-electron chi connectivity index (χ4n) is 4.25. The molecule has 0 radical (unpaired) electrons. The van der Waals surface area contributed by atoms with Crippen molar-refractivity contribution in [1.29, 1.82) is 0 Å². The molecule has 0 bridgehead atoms. The van der Waals surface area contributed by atoms with Gasteiger partial charge in [-0.1, -0.05) is 24.3 Å². The number of nitro groups is 1. The molecule has 2 aromatic carbocycles. The molecule has 0 saturated carbocycles. The van der Waals surface area contributed by atoms with E-state index < -0.39 is 0 Å². The molecule has 1 N–H and O–H groups in total. The predicted molar refractivity (Wildman–Crippen MR) is 102 cm³/mol. The molecule has 0 unspecified atom stereocenters. The van der Waals surface area contributed by atoms with E-state index in [9.17, 15) is 14.9 Å². The zero-order valence-corrected chi connectivity index (χ0v) is 15.1. The summed E-state index contributed by atoms with van der Waals surface area (Å²) in [5, 5.41) is 14.9. The molecule has 2 aliphatic rings. The number of rotatable bonds is 3. The lowest BCUT2D eigenvalue weighted by atomic mass is 9.76. The Morgan fingerprint density at radius 1 is 1.26 bits per heavy atom. The molecule has 6 heteroatoms. The van der Waals surface area contributed by atoms with E-state index in [1.54, 1.807) is 24.3 Å². The monoisotopic (exact) mass is 364 g/mol. The Bertz CT molecular complexity index is 949. The summed E-state index contributed by atoms with van der Waals surface area (Å²) in [4.78, 5) is 22.6. The van der Waals surface area contributed by atoms with Crippen molar-refractivity contribution < 1.29 is 14.5 Å². The van der Waals surface area contributed by atoms with E-state index in [4.69, 9.17) is 4.74 Å². The summed E-state index contributed by atoms with van der Waals surface area (Å²) in [5.74, 6) is 0.0695. The fraction of sp³-hybridized carbons (Fsp3) is 0.286. The van der Waals surface area contributed by atoms with Crippen LogP contribution in [0.25, 0.3) is 0 Å². The Balaban J connectivity index is 1.74. The number of nitrogens with zero attached hydrogens (tertiary/aromatic N) is 1. The molecule has 2 aromatic rings. The number of nitro benzene ring substituents is 1. The summed E-state index contributed by atoms with van der Waals surface area (Å²) in [6.07, 6.45) is 5.21. The highest BCUT2D eigenvalue weighted by Crippen LogP contribution is 2.51. The van der Waals surface area contributed by atoms with Crippen molar-refractivity contribution in [3.63, 3.8) is 0 Å². The number of esters is 1. The quantitative estimate of drug-likeness (QED) is 0.375. The van der Waals surface area contributed by atoms with E-state index in [-0.39, 0.29) is 34.5 Å². The number of aryl methyl sites for hydroxylation is 1. The van der Waals surface area contributed by atoms with E-state index >= 15 is 0 Å². The van der Waals surface area contributed by atoms with E-state index in [1.807, 2.05) is 19.1 Å². The molecular weight excluding hydrogens is 344 g/mol. The largest absolute Gasteiger partial charge is 0.465 e. The van der Waals surface area contributed by atoms with Gasteiger partial charge in [-0.2, -0.15) is 0 Å². The number of anilines is 1. The number of methoxy groups -OCH3 is 1. The van der Waals surface area contributed by atoms with Crippen LogP contribution in [0.3, 0.4) is 0 Å². The number of hydrogen-bond acceptors (Lipinski definition) is 5. The molecule has 1 aliphatic carbocycles. The second-order valence-corrected chi connectivity index (χ2v) is 7.07. The minimum absolute atomic E-state index is 0.0735. The molecule has 0 spiro atoms. The molecule has 1 aliphatic heterocycles. The first-order valence-corrected chi connectivity index (χ1v) is 8.90. The summed E-state index contributed by atoms with van der Waals surface area (Å²) in [5.41, 5.74) is 4.57. The molecule has 27 heavy (non-hydrogen) atoms. The van der Waals surface area contributed by atoms with Crippen molar-refractivity contribution in [3.05, 3.63) is 80.9 Å². The highest BCUT2D eigenvalue weighted by Gasteiger charge is 2.39. The fourth-order valence-corrected chi connectivity index (χ4v) is 4.25. The average Bonchev–Trinajstić information content (AvgIpc) is 3.17. The van der Waals surface area contributed by atoms with Crippen molar-refractivity contribution in [2.45, 2.75) is 25.3 Å². The van der Waals surface area contributed by atoms with Crippen molar-refractivity contribution in [2.24, 2.45) is 5.92 Å². The van der Waals surface area contributed by atoms with Crippen LogP contribution in [0.1, 0.15) is 45.4 Å². The van der Waals surface area contributed by atoms with Gasteiger partial charge in [0, 0.05) is 23.7 Å². The number of carbonyl (C=O) groups excluding carboxylic acids is 1. The third-order valence-corrected chi connectivity index (χ3v) is 5.55. The number of nitrogens with one attached hydrogen (secondary N) is 1. The minimum Gasteiger partial charge on any atom is -0.465 e. The summed E-state index contributed by atoms with van der Waals surface area (Å²) in [7, 11) is 1.37. The Morgan fingerprint density at radius 2 is 2.00 bits per heavy atom. The lowest BCUT2D eigenvalue weighted by molar-refractivity contribution is -0.385. The van der Waals surface area contributed by atoms with Gasteiger partial charge in [0.2, 0.25) is 0 Å². The Morgan fingerprint density at radius 3 is 2.67 bits per heavy atom. The molecule has 3 atom stereocenters. The number of ether oxygens (including phenoxy) is 1. The number of benzene rings is 2. The smallest absolute Gasteiger partial charge is 0.337 e. The maximum Gasteiger partial charge on any atom is 0.337 e. The summed E-state index contributed by atoms with van der Waals surface area (Å²) in [6, 6.07) is 10.8. The van der Waals surface area contributed by atoms with Crippen molar-refractivity contribution in [3.8, 4) is 0 Å². The van der Waals surface area contributed by atoms with Gasteiger partial charge in [0.05, 0.1) is 23.6 Å². The van der Waals surface area contributed by atoms with Gasteiger partial charge in [-0.15, -0.1) is 0 Å². The topological polar surface area (TPSA) is 81.5 Å². The van der Waals surface area contributed by atoms with E-state index in [0.717, 1.165) is 28.8 Å². The van der Waals surface area contributed by atoms with Crippen molar-refractivity contribution in [2.75, 3.05) is 12.4 Å². The highest BCUT2D eigenvalue weighted by molar-refractivity contribution is 5.89. The van der Waals surface area contributed by atoms with Crippen LogP contribution in [0.2, 0.25) is 0 Å². The first kappa shape index (κ1) is 17.3. The normalized spacial score (nSPS) is 22.5. The second-order valence-electron chi connectivity index (χ2n) is 7.07. The maximum absolute atomic E-state index is 11.7. The average molecular weight is 364 g/mol. The van der Waals surface area contributed by atoms with Crippen molar-refractivity contribution >= 4 is 17.3 Å². The lowest BCUT2D eigenvalue weighted by Crippen LogP contribution is -2.29. The van der Waals surface area contributed by atoms with E-state index in [1.165, 1.54) is 7.11 Å². The first-order valence-electron chi connectivity index (χ1n) is 8.90. The zero-order chi connectivity index (χ0) is 19.1. The molecule has 6 nitrogen and oxygen atoms in total. The van der Waals surface area contributed by atoms with E-state index in [0.29, 0.717) is 5.56 Å². The van der Waals surface area contributed by atoms with Crippen LogP contribution in [-0.2, 0) is 4.74 Å². The zero-order valence-electron chi connectivity index (χ0n) is 15.1. The summed E-state index contributed by atoms with van der Waals surface area (Å²) in [6.45, 7) is 1.90. The summed E-state index contributed by atoms with van der Waals surface area (Å²) < 4.78 is 4.76. The van der Waals surface area contributed by atoms with Gasteiger partial charge in [-0.05, 0) is 48.1 Å². The summed E-state index contributed by atoms with van der Waals surface area (Å²) >= 11 is 0. The third-order valence-electron chi connectivity index (χ3n) is 5.55. The minimum atomic E-state index is -0.355. The number of hydrogen-bond donors (Lipinski definition) is 1. The Labute approximate surface area is 157 Å². The molecule has 138 valence electrons. The van der Waals surface area contributed by atoms with Gasteiger partial charge < -0.3 is 10.1 Å². The van der Waals surface area contributed by atoms with Gasteiger partial charge >= 0.3 is 5.97 Å². The van der Waals surface area contributed by atoms with Gasteiger partial charge in [0.15, 0.2) is 0 Å². The van der Waals surface area contributed by atoms with Crippen LogP contribution in [0.4, 0.5) is 11.4 Å². The number of non-ortho nitro benzene ring substituents is 1. The van der Waals surface area contributed by atoms with Crippen LogP contribution < -0.4 is 5.32 Å². The number of carbonyl (C=O) groups is 1. The van der Waals surface area contributed by atoms with Crippen LogP contribution in [0, 0.1) is 23.0 Å². The van der Waals surface area contributed by atoms with Gasteiger partial charge in [0.25, 0.3) is 5.69 Å². The molecule has 0 saturated heterocycles. The molecule has 0 fully saturated rings. The SMILES string of the molecule is COC(=O)c1ccc([C@@H]2Nc3c(C)cc([N+](=O)[O-])cc3[C@H]3C=CC[C@@H]32)cc1. The van der Waals surface area contributed by atoms with Crippen LogP contribution >= 0.6 is 0 Å². The third kappa shape index (κ3) is 2.87. The molecule has 4 rings (SSSR count). The number of fused-ring (bicyclic) bond motifs is 3. The van der Waals surface area contributed by atoms with Gasteiger partial charge in [0.1, 0.15) is 0 Å². The second kappa shape index (κ2) is 6.54. The first-order chi connectivity index (χ1) is 13.0. The number of allylic oxidation sites excluding steroid dienone is 2. The van der Waals surface area contributed by atoms with Crippen LogP contribution in [0.5, 0.6) is 0 Å². The molecule has 0 aromatic heterocycles. The predicted octanol–water partition coefficient (Wildman–Crippen LogP) is 4.52. The molecular formula is C21H20N2O4. The van der Waals surface area contributed by atoms with Gasteiger partial charge in [-0.3, -0.25) is 10.1 Å². The Hall–Kier alpha value is -3.15. The van der Waals surface area contributed by atoms with Crippen LogP contribution in [-0.4, -0.2) is 18.0 Å². The van der Waals surface area contributed by atoms with Crippen molar-refractivity contribution in [1.82, 2.24) is 0 Å². The standard InChI is InChI=1S/C21H20N2O4/c1-12-10-15(23(25)26)11-18-16-4-3-5-17(16)20(22-19(12)18)13-6-8-14(9-7-13)21(24)27-2/h3-4,6-11,16-17,20,22H,5H2,1-2H3/t16-,17-,20-/m0/s1. The van der Waals surface area contributed by atoms with Crippen LogP contribution in [0.15, 0.2) is 48.6 Å². The lowest BCUT2D eigenvalue weighted by Gasteiger charge is -2.38. The molecule has 1 heterocycles.